The van der Waals surface area contributed by atoms with E-state index in [1.807, 2.05) is 30.3 Å². The molecule has 0 spiro atoms. The van der Waals surface area contributed by atoms with Crippen LogP contribution < -0.4 is 5.43 Å². The monoisotopic (exact) mass is 161 g/mol. The van der Waals surface area contributed by atoms with Crippen molar-refractivity contribution in [2.24, 2.45) is 0 Å². The van der Waals surface area contributed by atoms with Crippen LogP contribution in [0.4, 0.5) is 5.69 Å². The summed E-state index contributed by atoms with van der Waals surface area (Å²) in [6.07, 6.45) is 1.37. The van der Waals surface area contributed by atoms with Gasteiger partial charge in [0.05, 0.1) is 5.69 Å². The lowest BCUT2D eigenvalue weighted by molar-refractivity contribution is 0.660. The van der Waals surface area contributed by atoms with Crippen LogP contribution in [0, 0.1) is 0 Å². The summed E-state index contributed by atoms with van der Waals surface area (Å²) in [7, 11) is 0. The Labute approximate surface area is 69.0 Å². The molecule has 0 atom stereocenters. The summed E-state index contributed by atoms with van der Waals surface area (Å²) in [6.45, 7) is 0. The molecule has 0 unspecified atom stereocenters. The first-order chi connectivity index (χ1) is 5.95. The zero-order valence-electron chi connectivity index (χ0n) is 6.25. The Bertz CT molecular complexity index is 328. The predicted molar refractivity (Wildman–Crippen MR) is 43.3 cm³/mol. The molecular weight excluding hydrogens is 154 g/mol. The highest BCUT2D eigenvalue weighted by Gasteiger charge is 1.90. The average molecular weight is 161 g/mol. The zero-order chi connectivity index (χ0) is 8.23. The van der Waals surface area contributed by atoms with Crippen LogP contribution in [0.5, 0.6) is 0 Å². The van der Waals surface area contributed by atoms with Gasteiger partial charge in [-0.25, -0.2) is 0 Å². The van der Waals surface area contributed by atoms with Gasteiger partial charge in [-0.1, -0.05) is 23.1 Å². The third kappa shape index (κ3) is 1.39. The van der Waals surface area contributed by atoms with Crippen molar-refractivity contribution in [1.29, 1.82) is 0 Å². The van der Waals surface area contributed by atoms with Gasteiger partial charge in [-0.3, -0.25) is 5.43 Å². The standard InChI is InChI=1S/C7H7N5/c1-2-4-7(5-3-1)10-12-9-6-8-11-12/h1-6,10H. The third-order valence-corrected chi connectivity index (χ3v) is 1.35. The summed E-state index contributed by atoms with van der Waals surface area (Å²) < 4.78 is 0. The van der Waals surface area contributed by atoms with Crippen LogP contribution >= 0.6 is 0 Å². The Hall–Kier alpha value is -1.91. The van der Waals surface area contributed by atoms with E-state index in [1.54, 1.807) is 0 Å². The predicted octanol–water partition coefficient (Wildman–Crippen LogP) is 0.548. The van der Waals surface area contributed by atoms with E-state index < -0.39 is 0 Å². The first-order valence-corrected chi connectivity index (χ1v) is 3.50. The van der Waals surface area contributed by atoms with Gasteiger partial charge in [0.2, 0.25) is 0 Å². The SMILES string of the molecule is c1ccc(Nn2ncnn2)cc1. The van der Waals surface area contributed by atoms with E-state index in [9.17, 15) is 0 Å². The van der Waals surface area contributed by atoms with Crippen molar-refractivity contribution in [2.75, 3.05) is 5.43 Å². The molecule has 2 aromatic rings. The number of rotatable bonds is 2. The molecule has 0 amide bonds. The summed E-state index contributed by atoms with van der Waals surface area (Å²) in [6, 6.07) is 9.64. The van der Waals surface area contributed by atoms with Crippen LogP contribution in [0.3, 0.4) is 0 Å². The number of anilines is 1. The van der Waals surface area contributed by atoms with Crippen molar-refractivity contribution < 1.29 is 0 Å². The molecule has 5 heteroatoms. The topological polar surface area (TPSA) is 55.6 Å². The number of nitrogens with one attached hydrogen (secondary N) is 1. The van der Waals surface area contributed by atoms with Crippen molar-refractivity contribution in [3.63, 3.8) is 0 Å². The molecule has 1 heterocycles. The second kappa shape index (κ2) is 3.00. The van der Waals surface area contributed by atoms with Gasteiger partial charge in [0, 0.05) is 0 Å². The minimum absolute atomic E-state index is 0.926. The molecule has 1 aromatic heterocycles. The summed E-state index contributed by atoms with van der Waals surface area (Å²) in [5.74, 6) is 0. The van der Waals surface area contributed by atoms with Crippen LogP contribution in [0.15, 0.2) is 36.7 Å². The lowest BCUT2D eigenvalue weighted by Crippen LogP contribution is -2.12. The van der Waals surface area contributed by atoms with Gasteiger partial charge >= 0.3 is 0 Å². The van der Waals surface area contributed by atoms with Crippen molar-refractivity contribution in [2.45, 2.75) is 0 Å². The second-order valence-electron chi connectivity index (χ2n) is 2.20. The molecule has 0 aliphatic heterocycles. The summed E-state index contributed by atoms with van der Waals surface area (Å²) in [4.78, 5) is 1.30. The van der Waals surface area contributed by atoms with Crippen molar-refractivity contribution >= 4 is 5.69 Å². The van der Waals surface area contributed by atoms with E-state index in [0.29, 0.717) is 0 Å². The second-order valence-corrected chi connectivity index (χ2v) is 2.20. The van der Waals surface area contributed by atoms with Crippen molar-refractivity contribution in [3.05, 3.63) is 36.7 Å². The number of para-hydroxylation sites is 1. The third-order valence-electron chi connectivity index (χ3n) is 1.35. The smallest absolute Gasteiger partial charge is 0.164 e. The minimum atomic E-state index is 0.926. The average Bonchev–Trinajstić information content (AvgIpc) is 2.59. The lowest BCUT2D eigenvalue weighted by Gasteiger charge is -2.00. The molecule has 1 aromatic carbocycles. The maximum Gasteiger partial charge on any atom is 0.164 e. The number of hydrogen-bond acceptors (Lipinski definition) is 4. The summed E-state index contributed by atoms with van der Waals surface area (Å²) >= 11 is 0. The van der Waals surface area contributed by atoms with Crippen LogP contribution in [0.2, 0.25) is 0 Å². The fourth-order valence-corrected chi connectivity index (χ4v) is 0.846. The highest BCUT2D eigenvalue weighted by atomic mass is 15.7. The molecule has 2 rings (SSSR count). The van der Waals surface area contributed by atoms with E-state index in [2.05, 4.69) is 20.8 Å². The normalized spacial score (nSPS) is 9.67. The summed E-state index contributed by atoms with van der Waals surface area (Å²) in [5.41, 5.74) is 3.84. The van der Waals surface area contributed by atoms with Crippen molar-refractivity contribution in [1.82, 2.24) is 20.3 Å². The molecule has 0 saturated heterocycles. The Morgan fingerprint density at radius 1 is 1.17 bits per heavy atom. The fourth-order valence-electron chi connectivity index (χ4n) is 0.846. The maximum atomic E-state index is 3.79. The van der Waals surface area contributed by atoms with Gasteiger partial charge in [0.15, 0.2) is 6.33 Å². The van der Waals surface area contributed by atoms with Gasteiger partial charge in [-0.2, -0.15) is 0 Å². The number of benzene rings is 1. The van der Waals surface area contributed by atoms with E-state index in [1.165, 1.54) is 11.2 Å². The Morgan fingerprint density at radius 2 is 2.00 bits per heavy atom. The first kappa shape index (κ1) is 6.78. The van der Waals surface area contributed by atoms with Gasteiger partial charge < -0.3 is 0 Å². The van der Waals surface area contributed by atoms with Crippen LogP contribution in [0.1, 0.15) is 0 Å². The largest absolute Gasteiger partial charge is 0.260 e. The molecular formula is C7H7N5. The number of hydrogen-bond donors (Lipinski definition) is 1. The molecule has 1 N–H and O–H groups in total. The van der Waals surface area contributed by atoms with Gasteiger partial charge in [-0.05, 0) is 17.3 Å². The lowest BCUT2D eigenvalue weighted by atomic mass is 10.3. The molecule has 0 bridgehead atoms. The number of tetrazole rings is 1. The molecule has 0 fully saturated rings. The molecule has 0 saturated carbocycles. The first-order valence-electron chi connectivity index (χ1n) is 3.50. The van der Waals surface area contributed by atoms with Crippen molar-refractivity contribution in [3.8, 4) is 0 Å². The van der Waals surface area contributed by atoms with E-state index >= 15 is 0 Å². The molecule has 60 valence electrons. The fraction of sp³-hybridized carbons (Fsp3) is 0. The Kier molecular flexibility index (Phi) is 1.69. The minimum Gasteiger partial charge on any atom is -0.260 e. The van der Waals surface area contributed by atoms with E-state index in [0.717, 1.165) is 5.69 Å². The molecule has 0 aliphatic rings. The van der Waals surface area contributed by atoms with E-state index in [4.69, 9.17) is 0 Å². The van der Waals surface area contributed by atoms with Gasteiger partial charge in [0.25, 0.3) is 0 Å². The molecule has 5 nitrogen and oxygen atoms in total. The molecule has 0 aliphatic carbocycles. The van der Waals surface area contributed by atoms with Gasteiger partial charge in [-0.15, -0.1) is 10.2 Å². The Balaban J connectivity index is 2.15. The highest BCUT2D eigenvalue weighted by molar-refractivity contribution is 5.41. The molecule has 0 radical (unpaired) electrons. The van der Waals surface area contributed by atoms with E-state index in [-0.39, 0.29) is 0 Å². The summed E-state index contributed by atoms with van der Waals surface area (Å²) in [5, 5.41) is 11.0. The van der Waals surface area contributed by atoms with Gasteiger partial charge in [0.1, 0.15) is 0 Å². The Morgan fingerprint density at radius 3 is 2.67 bits per heavy atom. The van der Waals surface area contributed by atoms with Crippen LogP contribution in [0.25, 0.3) is 0 Å². The zero-order valence-corrected chi connectivity index (χ0v) is 6.25. The molecule has 12 heavy (non-hydrogen) atoms. The number of nitrogens with zero attached hydrogens (tertiary/aromatic N) is 4. The van der Waals surface area contributed by atoms with Crippen LogP contribution in [-0.4, -0.2) is 20.3 Å². The quantitative estimate of drug-likeness (QED) is 0.698. The highest BCUT2D eigenvalue weighted by Crippen LogP contribution is 2.03. The number of aromatic nitrogens is 4. The van der Waals surface area contributed by atoms with Crippen LogP contribution in [-0.2, 0) is 0 Å². The maximum absolute atomic E-state index is 3.79.